The van der Waals surface area contributed by atoms with Gasteiger partial charge in [-0.05, 0) is 31.2 Å². The van der Waals surface area contributed by atoms with E-state index in [1.54, 1.807) is 0 Å². The maximum absolute atomic E-state index is 12.4. The van der Waals surface area contributed by atoms with Crippen LogP contribution in [0.15, 0.2) is 34.7 Å². The number of carbonyl (C=O) groups is 2. The summed E-state index contributed by atoms with van der Waals surface area (Å²) in [5.41, 5.74) is 1.92. The second-order valence-electron chi connectivity index (χ2n) is 7.34. The van der Waals surface area contributed by atoms with Crippen LogP contribution in [0.5, 0.6) is 0 Å². The lowest BCUT2D eigenvalue weighted by Crippen LogP contribution is -2.30. The molecule has 27 heavy (non-hydrogen) atoms. The van der Waals surface area contributed by atoms with Crippen molar-refractivity contribution >= 4 is 11.9 Å². The minimum absolute atomic E-state index is 0.0513. The summed E-state index contributed by atoms with van der Waals surface area (Å²) in [4.78, 5) is 28.5. The third kappa shape index (κ3) is 3.75. The summed E-state index contributed by atoms with van der Waals surface area (Å²) < 4.78 is 16.2. The van der Waals surface area contributed by atoms with Crippen LogP contribution < -0.4 is 0 Å². The molecule has 0 N–H and O–H groups in total. The van der Waals surface area contributed by atoms with Gasteiger partial charge in [0.25, 0.3) is 0 Å². The number of fused-ring (bicyclic) bond motifs is 1. The van der Waals surface area contributed by atoms with Gasteiger partial charge >= 0.3 is 11.9 Å². The van der Waals surface area contributed by atoms with Crippen LogP contribution in [0.3, 0.4) is 0 Å². The smallest absolute Gasteiger partial charge is 0.309 e. The molecule has 2 aromatic rings. The second kappa shape index (κ2) is 7.55. The molecule has 0 amide bonds. The Morgan fingerprint density at radius 3 is 2.67 bits per heavy atom. The van der Waals surface area contributed by atoms with E-state index in [1.807, 2.05) is 30.3 Å². The minimum Gasteiger partial charge on any atom is -0.469 e. The van der Waals surface area contributed by atoms with Crippen LogP contribution in [0.25, 0.3) is 0 Å². The van der Waals surface area contributed by atoms with Crippen LogP contribution in [0, 0.1) is 11.8 Å². The van der Waals surface area contributed by atoms with Gasteiger partial charge in [0.1, 0.15) is 12.4 Å². The number of carbonyl (C=O) groups excluding carboxylic acids is 2. The summed E-state index contributed by atoms with van der Waals surface area (Å²) >= 11 is 0. The highest BCUT2D eigenvalue weighted by atomic mass is 16.5. The Labute approximate surface area is 157 Å². The van der Waals surface area contributed by atoms with E-state index in [2.05, 4.69) is 4.98 Å². The number of benzene rings is 1. The first-order valence-corrected chi connectivity index (χ1v) is 9.41. The zero-order valence-electron chi connectivity index (χ0n) is 15.3. The summed E-state index contributed by atoms with van der Waals surface area (Å²) in [5.74, 6) is 1.07. The van der Waals surface area contributed by atoms with Crippen LogP contribution in [-0.4, -0.2) is 24.0 Å². The zero-order valence-corrected chi connectivity index (χ0v) is 15.3. The fourth-order valence-electron chi connectivity index (χ4n) is 3.80. The third-order valence-corrected chi connectivity index (χ3v) is 5.54. The number of hydrogen-bond donors (Lipinski definition) is 0. The normalized spacial score (nSPS) is 23.8. The van der Waals surface area contributed by atoms with Gasteiger partial charge in [-0.2, -0.15) is 0 Å². The molecule has 1 saturated carbocycles. The van der Waals surface area contributed by atoms with Crippen molar-refractivity contribution in [2.45, 2.75) is 44.6 Å². The molecule has 0 spiro atoms. The molecule has 0 aliphatic heterocycles. The maximum Gasteiger partial charge on any atom is 0.309 e. The van der Waals surface area contributed by atoms with Gasteiger partial charge in [0.05, 0.1) is 24.6 Å². The van der Waals surface area contributed by atoms with Gasteiger partial charge in [0.2, 0.25) is 0 Å². The first-order valence-electron chi connectivity index (χ1n) is 9.41. The Hall–Kier alpha value is -2.63. The van der Waals surface area contributed by atoms with Crippen molar-refractivity contribution < 1.29 is 23.5 Å². The number of oxazole rings is 1. The van der Waals surface area contributed by atoms with Crippen LogP contribution in [0.4, 0.5) is 0 Å². The van der Waals surface area contributed by atoms with E-state index in [1.165, 1.54) is 7.11 Å². The van der Waals surface area contributed by atoms with E-state index in [0.29, 0.717) is 31.8 Å². The van der Waals surface area contributed by atoms with Crippen molar-refractivity contribution in [3.63, 3.8) is 0 Å². The predicted molar refractivity (Wildman–Crippen MR) is 95.7 cm³/mol. The Bertz CT molecular complexity index is 822. The summed E-state index contributed by atoms with van der Waals surface area (Å²) in [6, 6.07) is 9.67. The number of nitrogens with zero attached hydrogens (tertiary/aromatic N) is 1. The minimum atomic E-state index is -0.189. The Morgan fingerprint density at radius 2 is 1.93 bits per heavy atom. The number of aryl methyl sites for hydroxylation is 1. The molecule has 0 radical (unpaired) electrons. The molecule has 1 unspecified atom stereocenters. The number of methoxy groups -OCH3 is 1. The highest BCUT2D eigenvalue weighted by molar-refractivity contribution is 5.74. The molecule has 1 aromatic heterocycles. The largest absolute Gasteiger partial charge is 0.469 e. The lowest BCUT2D eigenvalue weighted by Gasteiger charge is -2.30. The average Bonchev–Trinajstić information content (AvgIpc) is 3.08. The van der Waals surface area contributed by atoms with E-state index in [0.717, 1.165) is 29.9 Å². The van der Waals surface area contributed by atoms with Crippen molar-refractivity contribution in [2.24, 2.45) is 11.8 Å². The van der Waals surface area contributed by atoms with Gasteiger partial charge in [-0.25, -0.2) is 4.98 Å². The SMILES string of the molecule is COC(=O)[C@H]1C[C@H](c2nc3c(o2)CC(C(=O)OCc2ccccc2)CC3)C1. The van der Waals surface area contributed by atoms with E-state index < -0.39 is 0 Å². The van der Waals surface area contributed by atoms with Gasteiger partial charge in [-0.15, -0.1) is 0 Å². The Kier molecular flexibility index (Phi) is 4.97. The lowest BCUT2D eigenvalue weighted by atomic mass is 9.75. The Morgan fingerprint density at radius 1 is 1.15 bits per heavy atom. The van der Waals surface area contributed by atoms with Crippen molar-refractivity contribution in [3.8, 4) is 0 Å². The number of aromatic nitrogens is 1. The van der Waals surface area contributed by atoms with Crippen molar-refractivity contribution in [3.05, 3.63) is 53.2 Å². The molecule has 6 heteroatoms. The predicted octanol–water partition coefficient (Wildman–Crippen LogP) is 3.19. The van der Waals surface area contributed by atoms with Gasteiger partial charge in [0, 0.05) is 12.3 Å². The Balaban J connectivity index is 1.33. The molecular weight excluding hydrogens is 346 g/mol. The van der Waals surface area contributed by atoms with Gasteiger partial charge in [-0.1, -0.05) is 30.3 Å². The molecule has 4 rings (SSSR count). The van der Waals surface area contributed by atoms with E-state index in [4.69, 9.17) is 13.9 Å². The summed E-state index contributed by atoms with van der Waals surface area (Å²) in [6.07, 6.45) is 3.41. The van der Waals surface area contributed by atoms with Gasteiger partial charge in [0.15, 0.2) is 5.89 Å². The topological polar surface area (TPSA) is 78.6 Å². The molecule has 6 nitrogen and oxygen atoms in total. The molecule has 1 fully saturated rings. The molecule has 1 heterocycles. The summed E-state index contributed by atoms with van der Waals surface area (Å²) in [5, 5.41) is 0. The zero-order chi connectivity index (χ0) is 18.8. The van der Waals surface area contributed by atoms with Crippen LogP contribution in [-0.2, 0) is 38.5 Å². The summed E-state index contributed by atoms with van der Waals surface area (Å²) in [6.45, 7) is 0.293. The molecule has 142 valence electrons. The second-order valence-corrected chi connectivity index (χ2v) is 7.34. The fourth-order valence-corrected chi connectivity index (χ4v) is 3.80. The highest BCUT2D eigenvalue weighted by Crippen LogP contribution is 2.43. The molecule has 2 aliphatic carbocycles. The molecular formula is C21H23NO5. The van der Waals surface area contributed by atoms with Gasteiger partial charge in [-0.3, -0.25) is 9.59 Å². The number of esters is 2. The van der Waals surface area contributed by atoms with Gasteiger partial charge < -0.3 is 13.9 Å². The average molecular weight is 369 g/mol. The number of ether oxygens (including phenoxy) is 2. The standard InChI is InChI=1S/C21H23NO5/c1-25-20(23)16-9-15(10-16)19-22-17-8-7-14(11-18(17)27-19)21(24)26-12-13-5-3-2-4-6-13/h2-6,14-16H,7-12H2,1H3/t14?,15-,16-. The van der Waals surface area contributed by atoms with Crippen LogP contribution >= 0.6 is 0 Å². The van der Waals surface area contributed by atoms with E-state index in [9.17, 15) is 9.59 Å². The monoisotopic (exact) mass is 369 g/mol. The molecule has 1 atom stereocenters. The van der Waals surface area contributed by atoms with E-state index >= 15 is 0 Å². The van der Waals surface area contributed by atoms with Crippen molar-refractivity contribution in [1.29, 1.82) is 0 Å². The molecule has 2 aliphatic rings. The highest BCUT2D eigenvalue weighted by Gasteiger charge is 2.40. The number of rotatable bonds is 5. The lowest BCUT2D eigenvalue weighted by molar-refractivity contribution is -0.151. The third-order valence-electron chi connectivity index (χ3n) is 5.54. The molecule has 0 saturated heterocycles. The number of hydrogen-bond acceptors (Lipinski definition) is 6. The molecule has 1 aromatic carbocycles. The molecule has 0 bridgehead atoms. The van der Waals surface area contributed by atoms with Crippen molar-refractivity contribution in [2.75, 3.05) is 7.11 Å². The summed E-state index contributed by atoms with van der Waals surface area (Å²) in [7, 11) is 1.41. The van der Waals surface area contributed by atoms with Crippen LogP contribution in [0.2, 0.25) is 0 Å². The first-order chi connectivity index (χ1) is 13.1. The van der Waals surface area contributed by atoms with E-state index in [-0.39, 0.29) is 29.7 Å². The van der Waals surface area contributed by atoms with Crippen molar-refractivity contribution in [1.82, 2.24) is 4.98 Å². The maximum atomic E-state index is 12.4. The first kappa shape index (κ1) is 17.8. The fraction of sp³-hybridized carbons (Fsp3) is 0.476. The van der Waals surface area contributed by atoms with Crippen LogP contribution in [0.1, 0.15) is 48.1 Å². The quantitative estimate of drug-likeness (QED) is 0.753.